The summed E-state index contributed by atoms with van der Waals surface area (Å²) in [5, 5.41) is 4.22. The molecule has 0 bridgehead atoms. The highest BCUT2D eigenvalue weighted by Gasteiger charge is 1.99. The molecule has 0 aliphatic rings. The number of imidazole rings is 1. The summed E-state index contributed by atoms with van der Waals surface area (Å²) >= 11 is 0. The lowest BCUT2D eigenvalue weighted by atomic mass is 10.2. The van der Waals surface area contributed by atoms with Gasteiger partial charge in [-0.2, -0.15) is 5.10 Å². The monoisotopic (exact) mass is 336 g/mol. The Bertz CT molecular complexity index is 775. The van der Waals surface area contributed by atoms with E-state index in [1.807, 2.05) is 48.5 Å². The van der Waals surface area contributed by atoms with Crippen LogP contribution in [-0.2, 0) is 0 Å². The lowest BCUT2D eigenvalue weighted by Crippen LogP contribution is -1.97. The minimum Gasteiger partial charge on any atom is -0.494 e. The van der Waals surface area contributed by atoms with Crippen molar-refractivity contribution in [3.05, 3.63) is 54.1 Å². The van der Waals surface area contributed by atoms with Crippen LogP contribution in [0.5, 0.6) is 5.75 Å². The average Bonchev–Trinajstić information content (AvgIpc) is 3.05. The van der Waals surface area contributed by atoms with Gasteiger partial charge in [0.2, 0.25) is 5.95 Å². The molecule has 0 fully saturated rings. The van der Waals surface area contributed by atoms with Crippen molar-refractivity contribution in [2.24, 2.45) is 5.10 Å². The third-order valence-electron chi connectivity index (χ3n) is 3.92. The maximum Gasteiger partial charge on any atom is 0.222 e. The van der Waals surface area contributed by atoms with Crippen LogP contribution in [0.15, 0.2) is 53.6 Å². The Morgan fingerprint density at radius 2 is 1.92 bits per heavy atom. The standard InChI is InChI=1S/C20H24N4O/c1-2-3-4-7-14-25-17-12-10-16(11-13-17)15-21-24-20-22-18-8-5-6-9-19(18)23-20/h5-6,8-13,15H,2-4,7,14H2,1H3,(H2,22,23,24)/b21-15+. The molecule has 0 saturated heterocycles. The number of rotatable bonds is 9. The number of para-hydroxylation sites is 2. The molecule has 25 heavy (non-hydrogen) atoms. The van der Waals surface area contributed by atoms with Crippen molar-refractivity contribution in [3.63, 3.8) is 0 Å². The van der Waals surface area contributed by atoms with Crippen molar-refractivity contribution in [2.45, 2.75) is 32.6 Å². The molecular formula is C20H24N4O. The second-order valence-electron chi connectivity index (χ2n) is 5.95. The molecule has 0 spiro atoms. The van der Waals surface area contributed by atoms with Crippen LogP contribution in [0.2, 0.25) is 0 Å². The average molecular weight is 336 g/mol. The van der Waals surface area contributed by atoms with Crippen LogP contribution in [0.4, 0.5) is 5.95 Å². The van der Waals surface area contributed by atoms with E-state index in [0.717, 1.165) is 35.4 Å². The van der Waals surface area contributed by atoms with Crippen molar-refractivity contribution in [2.75, 3.05) is 12.0 Å². The number of hydrazone groups is 1. The number of anilines is 1. The molecule has 2 aromatic carbocycles. The summed E-state index contributed by atoms with van der Waals surface area (Å²) in [5.41, 5.74) is 5.83. The zero-order chi connectivity index (χ0) is 17.3. The Hall–Kier alpha value is -2.82. The summed E-state index contributed by atoms with van der Waals surface area (Å²) in [5.74, 6) is 1.53. The number of hydrogen-bond donors (Lipinski definition) is 2. The molecule has 1 heterocycles. The summed E-state index contributed by atoms with van der Waals surface area (Å²) < 4.78 is 5.74. The topological polar surface area (TPSA) is 62.3 Å². The fourth-order valence-corrected chi connectivity index (χ4v) is 2.54. The summed E-state index contributed by atoms with van der Waals surface area (Å²) in [6.45, 7) is 2.99. The molecule has 3 rings (SSSR count). The molecule has 1 aromatic heterocycles. The predicted molar refractivity (Wildman–Crippen MR) is 103 cm³/mol. The summed E-state index contributed by atoms with van der Waals surface area (Å²) in [6, 6.07) is 15.8. The Kier molecular flexibility index (Phi) is 6.04. The number of aromatic amines is 1. The quantitative estimate of drug-likeness (QED) is 0.329. The summed E-state index contributed by atoms with van der Waals surface area (Å²) in [6.07, 6.45) is 6.62. The fraction of sp³-hybridized carbons (Fsp3) is 0.300. The molecular weight excluding hydrogens is 312 g/mol. The number of ether oxygens (including phenoxy) is 1. The molecule has 5 heteroatoms. The van der Waals surface area contributed by atoms with E-state index < -0.39 is 0 Å². The lowest BCUT2D eigenvalue weighted by molar-refractivity contribution is 0.305. The third kappa shape index (κ3) is 5.08. The summed E-state index contributed by atoms with van der Waals surface area (Å²) in [4.78, 5) is 7.59. The van der Waals surface area contributed by atoms with Crippen molar-refractivity contribution in [1.82, 2.24) is 9.97 Å². The largest absolute Gasteiger partial charge is 0.494 e. The second-order valence-corrected chi connectivity index (χ2v) is 5.95. The van der Waals surface area contributed by atoms with Crippen LogP contribution < -0.4 is 10.2 Å². The smallest absolute Gasteiger partial charge is 0.222 e. The van der Waals surface area contributed by atoms with Gasteiger partial charge in [-0.15, -0.1) is 0 Å². The zero-order valence-electron chi connectivity index (χ0n) is 14.5. The number of nitrogens with zero attached hydrogens (tertiary/aromatic N) is 2. The predicted octanol–water partition coefficient (Wildman–Crippen LogP) is 4.97. The first-order chi connectivity index (χ1) is 12.3. The molecule has 0 unspecified atom stereocenters. The van der Waals surface area contributed by atoms with Crippen LogP contribution in [0.3, 0.4) is 0 Å². The van der Waals surface area contributed by atoms with Gasteiger partial charge in [0.1, 0.15) is 5.75 Å². The Balaban J connectivity index is 1.48. The van der Waals surface area contributed by atoms with Gasteiger partial charge in [0.05, 0.1) is 23.9 Å². The molecule has 5 nitrogen and oxygen atoms in total. The molecule has 3 aromatic rings. The van der Waals surface area contributed by atoms with Crippen LogP contribution in [0, 0.1) is 0 Å². The number of H-pyrrole nitrogens is 1. The van der Waals surface area contributed by atoms with Crippen LogP contribution in [0.25, 0.3) is 11.0 Å². The Morgan fingerprint density at radius 1 is 1.08 bits per heavy atom. The van der Waals surface area contributed by atoms with Gasteiger partial charge < -0.3 is 9.72 Å². The van der Waals surface area contributed by atoms with Gasteiger partial charge >= 0.3 is 0 Å². The zero-order valence-corrected chi connectivity index (χ0v) is 14.5. The van der Waals surface area contributed by atoms with E-state index in [4.69, 9.17) is 4.74 Å². The second kappa shape index (κ2) is 8.87. The molecule has 130 valence electrons. The van der Waals surface area contributed by atoms with Gasteiger partial charge in [0, 0.05) is 0 Å². The minimum atomic E-state index is 0.629. The van der Waals surface area contributed by atoms with E-state index >= 15 is 0 Å². The van der Waals surface area contributed by atoms with E-state index in [2.05, 4.69) is 27.4 Å². The van der Waals surface area contributed by atoms with Gasteiger partial charge in [-0.05, 0) is 48.4 Å². The number of hydrogen-bond acceptors (Lipinski definition) is 4. The van der Waals surface area contributed by atoms with E-state index in [1.165, 1.54) is 19.3 Å². The van der Waals surface area contributed by atoms with E-state index in [-0.39, 0.29) is 0 Å². The maximum absolute atomic E-state index is 5.74. The number of fused-ring (bicyclic) bond motifs is 1. The summed E-state index contributed by atoms with van der Waals surface area (Å²) in [7, 11) is 0. The molecule has 0 radical (unpaired) electrons. The molecule has 0 amide bonds. The van der Waals surface area contributed by atoms with Gasteiger partial charge in [-0.25, -0.2) is 10.4 Å². The van der Waals surface area contributed by atoms with E-state index in [9.17, 15) is 0 Å². The molecule has 0 atom stereocenters. The van der Waals surface area contributed by atoms with Gasteiger partial charge in [0.15, 0.2) is 0 Å². The first-order valence-corrected chi connectivity index (χ1v) is 8.82. The highest BCUT2D eigenvalue weighted by atomic mass is 16.5. The number of nitrogens with one attached hydrogen (secondary N) is 2. The maximum atomic E-state index is 5.74. The fourth-order valence-electron chi connectivity index (χ4n) is 2.54. The Morgan fingerprint density at radius 3 is 2.72 bits per heavy atom. The first-order valence-electron chi connectivity index (χ1n) is 8.82. The van der Waals surface area contributed by atoms with Gasteiger partial charge in [-0.3, -0.25) is 0 Å². The lowest BCUT2D eigenvalue weighted by Gasteiger charge is -2.05. The van der Waals surface area contributed by atoms with Crippen molar-refractivity contribution in [1.29, 1.82) is 0 Å². The van der Waals surface area contributed by atoms with Gasteiger partial charge in [0.25, 0.3) is 0 Å². The van der Waals surface area contributed by atoms with Crippen LogP contribution in [0.1, 0.15) is 38.2 Å². The van der Waals surface area contributed by atoms with Crippen LogP contribution in [-0.4, -0.2) is 22.8 Å². The normalized spacial score (nSPS) is 11.2. The third-order valence-corrected chi connectivity index (χ3v) is 3.92. The minimum absolute atomic E-state index is 0.629. The molecule has 0 aliphatic carbocycles. The number of benzene rings is 2. The highest BCUT2D eigenvalue weighted by molar-refractivity contribution is 5.81. The number of unbranched alkanes of at least 4 members (excludes halogenated alkanes) is 3. The molecule has 0 saturated carbocycles. The SMILES string of the molecule is CCCCCCOc1ccc(/C=N/Nc2nc3ccccc3[nH]2)cc1. The van der Waals surface area contributed by atoms with E-state index in [1.54, 1.807) is 6.21 Å². The molecule has 0 aliphatic heterocycles. The van der Waals surface area contributed by atoms with Crippen LogP contribution >= 0.6 is 0 Å². The van der Waals surface area contributed by atoms with Gasteiger partial charge in [-0.1, -0.05) is 38.3 Å². The first kappa shape index (κ1) is 17.0. The van der Waals surface area contributed by atoms with Crippen molar-refractivity contribution >= 4 is 23.2 Å². The van der Waals surface area contributed by atoms with Crippen molar-refractivity contribution in [3.8, 4) is 5.75 Å². The number of aromatic nitrogens is 2. The van der Waals surface area contributed by atoms with E-state index in [0.29, 0.717) is 5.95 Å². The van der Waals surface area contributed by atoms with Crippen molar-refractivity contribution < 1.29 is 4.74 Å². The molecule has 2 N–H and O–H groups in total. The highest BCUT2D eigenvalue weighted by Crippen LogP contribution is 2.14. The Labute approximate surface area is 148 Å².